The van der Waals surface area contributed by atoms with E-state index in [0.717, 1.165) is 100 Å². The number of hydrogen-bond acceptors (Lipinski definition) is 8. The van der Waals surface area contributed by atoms with Gasteiger partial charge in [0.2, 0.25) is 0 Å². The van der Waals surface area contributed by atoms with Crippen LogP contribution in [0, 0.1) is 0 Å². The SMILES string of the molecule is CC(C)(C)c1cc2c(O)c(c1)Cc1cc(C(C)(C)C)cc(c1OCc1cc(-c3ccc4ccc5cccc6ccc3c4c56)no1)Cc1cc(C(C)(C)C)cc(c1O)Cc1cc(C(C)(C)C)cc(c1OCc1cc(-c3ccc4ccc5cccc6ccc3c4c56)no1)C2. The largest absolute Gasteiger partial charge is 0.507 e. The Labute approximate surface area is 538 Å². The number of ether oxygens (including phenoxy) is 2. The number of hydrogen-bond donors (Lipinski definition) is 2. The van der Waals surface area contributed by atoms with E-state index in [-0.39, 0.29) is 46.4 Å². The summed E-state index contributed by atoms with van der Waals surface area (Å²) in [6.07, 6.45) is 1.43. The average Bonchev–Trinajstić information content (AvgIpc) is 1.04. The lowest BCUT2D eigenvalue weighted by Crippen LogP contribution is -2.16. The fourth-order valence-electron chi connectivity index (χ4n) is 14.2. The van der Waals surface area contributed by atoms with E-state index in [9.17, 15) is 10.2 Å². The minimum atomic E-state index is -0.282. The molecule has 92 heavy (non-hydrogen) atoms. The first-order valence-electron chi connectivity index (χ1n) is 32.4. The van der Waals surface area contributed by atoms with Gasteiger partial charge in [0.05, 0.1) is 0 Å². The molecule has 0 amide bonds. The van der Waals surface area contributed by atoms with Crippen molar-refractivity contribution in [2.45, 2.75) is 144 Å². The number of benzene rings is 12. The number of aromatic nitrogens is 2. The van der Waals surface area contributed by atoms with Crippen molar-refractivity contribution in [3.63, 3.8) is 0 Å². The van der Waals surface area contributed by atoms with E-state index in [1.54, 1.807) is 0 Å². The van der Waals surface area contributed by atoms with Crippen LogP contribution in [0.4, 0.5) is 0 Å². The zero-order chi connectivity index (χ0) is 63.9. The summed E-state index contributed by atoms with van der Waals surface area (Å²) >= 11 is 0. The van der Waals surface area contributed by atoms with E-state index >= 15 is 0 Å². The highest BCUT2D eigenvalue weighted by Gasteiger charge is 2.30. The van der Waals surface area contributed by atoms with E-state index in [1.165, 1.54) is 53.9 Å². The van der Waals surface area contributed by atoms with Crippen LogP contribution in [0.5, 0.6) is 23.0 Å². The quantitative estimate of drug-likeness (QED) is 0.145. The van der Waals surface area contributed by atoms with Gasteiger partial charge < -0.3 is 28.7 Å². The molecule has 2 heterocycles. The summed E-state index contributed by atoms with van der Waals surface area (Å²) in [5, 5.41) is 50.0. The van der Waals surface area contributed by atoms with Gasteiger partial charge >= 0.3 is 0 Å². The number of nitrogens with zero attached hydrogens (tertiary/aromatic N) is 2. The maximum Gasteiger partial charge on any atom is 0.174 e. The molecule has 2 aromatic heterocycles. The van der Waals surface area contributed by atoms with Crippen LogP contribution < -0.4 is 9.47 Å². The first kappa shape index (κ1) is 58.7. The molecule has 0 fully saturated rings. The van der Waals surface area contributed by atoms with Gasteiger partial charge in [0.1, 0.15) is 47.6 Å². The van der Waals surface area contributed by atoms with Gasteiger partial charge in [-0.3, -0.25) is 0 Å². The van der Waals surface area contributed by atoms with Gasteiger partial charge in [-0.1, -0.05) is 251 Å². The second kappa shape index (κ2) is 21.5. The summed E-state index contributed by atoms with van der Waals surface area (Å²) in [7, 11) is 0. The van der Waals surface area contributed by atoms with Crippen molar-refractivity contribution in [3.8, 4) is 45.5 Å². The predicted octanol–water partition coefficient (Wildman–Crippen LogP) is 21.2. The van der Waals surface area contributed by atoms with Crippen LogP contribution in [-0.2, 0) is 60.6 Å². The average molecular weight is 1210 g/mol. The summed E-state index contributed by atoms with van der Waals surface area (Å²) in [6.45, 7) is 27.0. The van der Waals surface area contributed by atoms with E-state index in [4.69, 9.17) is 28.8 Å². The number of aromatic hydroxyl groups is 2. The number of rotatable bonds is 8. The first-order chi connectivity index (χ1) is 43.9. The van der Waals surface area contributed by atoms with E-state index < -0.39 is 0 Å². The van der Waals surface area contributed by atoms with E-state index in [1.807, 2.05) is 12.1 Å². The van der Waals surface area contributed by atoms with Gasteiger partial charge in [0.15, 0.2) is 11.5 Å². The van der Waals surface area contributed by atoms with Gasteiger partial charge in [-0.05, 0) is 153 Å². The Morgan fingerprint density at radius 1 is 0.337 bits per heavy atom. The van der Waals surface area contributed by atoms with Crippen molar-refractivity contribution in [1.29, 1.82) is 0 Å². The predicted molar refractivity (Wildman–Crippen MR) is 375 cm³/mol. The van der Waals surface area contributed by atoms with Gasteiger partial charge in [-0.2, -0.15) is 0 Å². The van der Waals surface area contributed by atoms with Crippen molar-refractivity contribution < 1.29 is 28.7 Å². The minimum Gasteiger partial charge on any atom is -0.507 e. The van der Waals surface area contributed by atoms with Gasteiger partial charge in [0, 0.05) is 48.9 Å². The Bertz CT molecular complexity index is 4790. The highest BCUT2D eigenvalue weighted by molar-refractivity contribution is 6.26. The zero-order valence-electron chi connectivity index (χ0n) is 54.8. The molecule has 8 bridgehead atoms. The Morgan fingerprint density at radius 3 is 0.913 bits per heavy atom. The molecule has 460 valence electrons. The van der Waals surface area contributed by atoms with Crippen LogP contribution in [0.3, 0.4) is 0 Å². The van der Waals surface area contributed by atoms with Crippen LogP contribution in [0.15, 0.2) is 179 Å². The molecular weight excluding hydrogens is 1130 g/mol. The maximum absolute atomic E-state index is 13.1. The standard InChI is InChI=1S/C84H78N2O6/c1-81(2,3)61-35-53-31-57-39-63(83(7,8)9)41-59(79(57)89-45-65-43-71(85-91-65)67-27-23-51-21-19-47-15-13-17-49-25-29-69(67)75(51)73(47)49)33-55-37-62(82(4,5)6)38-56(78(55)88)34-60-42-64(84(10,11)12)40-58(32-54(36-61)77(53)87)80(60)90-46-66-44-72(86-92-66)68-28-24-52-22-20-48-16-14-18-50-26-30-70(68)76(52)74(48)50/h13-30,35-44,87-88H,31-34,45-46H2,1-12H3. The number of fused-ring (bicyclic) bond motifs is 8. The Hall–Kier alpha value is -9.66. The monoisotopic (exact) mass is 1210 g/mol. The van der Waals surface area contributed by atoms with Crippen molar-refractivity contribution >= 4 is 64.6 Å². The van der Waals surface area contributed by atoms with Crippen molar-refractivity contribution in [2.75, 3.05) is 0 Å². The summed E-state index contributed by atoms with van der Waals surface area (Å²) in [4.78, 5) is 0. The van der Waals surface area contributed by atoms with Crippen LogP contribution >= 0.6 is 0 Å². The highest BCUT2D eigenvalue weighted by atomic mass is 16.5. The van der Waals surface area contributed by atoms with E-state index in [2.05, 4.69) is 241 Å². The van der Waals surface area contributed by atoms with Gasteiger partial charge in [-0.15, -0.1) is 0 Å². The fourth-order valence-corrected chi connectivity index (χ4v) is 14.2. The molecule has 8 heteroatoms. The molecule has 1 aliphatic rings. The lowest BCUT2D eigenvalue weighted by molar-refractivity contribution is 0.246. The zero-order valence-corrected chi connectivity index (χ0v) is 54.8. The molecular formula is C84H78N2O6. The lowest BCUT2D eigenvalue weighted by atomic mass is 9.79. The molecule has 0 atom stereocenters. The van der Waals surface area contributed by atoms with Crippen molar-refractivity contribution in [1.82, 2.24) is 10.3 Å². The summed E-state index contributed by atoms with van der Waals surface area (Å²) < 4.78 is 26.9. The molecule has 15 rings (SSSR count). The van der Waals surface area contributed by atoms with Crippen molar-refractivity contribution in [2.24, 2.45) is 0 Å². The maximum atomic E-state index is 13.1. The molecule has 14 aromatic rings. The minimum absolute atomic E-state index is 0.0924. The molecule has 1 aliphatic carbocycles. The summed E-state index contributed by atoms with van der Waals surface area (Å²) in [5.74, 6) is 2.97. The highest BCUT2D eigenvalue weighted by Crippen LogP contribution is 2.47. The van der Waals surface area contributed by atoms with Gasteiger partial charge in [-0.25, -0.2) is 0 Å². The third-order valence-corrected chi connectivity index (χ3v) is 19.5. The van der Waals surface area contributed by atoms with E-state index in [0.29, 0.717) is 48.7 Å². The lowest BCUT2D eigenvalue weighted by Gasteiger charge is -2.28. The smallest absolute Gasteiger partial charge is 0.174 e. The van der Waals surface area contributed by atoms with Gasteiger partial charge in [0.25, 0.3) is 0 Å². The second-order valence-corrected chi connectivity index (χ2v) is 30.1. The summed E-state index contributed by atoms with van der Waals surface area (Å²) in [6, 6.07) is 60.9. The summed E-state index contributed by atoms with van der Waals surface area (Å²) in [5.41, 5.74) is 13.6. The molecule has 0 radical (unpaired) electrons. The molecule has 8 nitrogen and oxygen atoms in total. The number of phenolic OH excluding ortho intramolecular Hbond substituents is 2. The topological polar surface area (TPSA) is 111 Å². The molecule has 12 aromatic carbocycles. The Morgan fingerprint density at radius 2 is 0.609 bits per heavy atom. The molecule has 2 N–H and O–H groups in total. The van der Waals surface area contributed by atoms with Crippen LogP contribution in [0.2, 0.25) is 0 Å². The van der Waals surface area contributed by atoms with Crippen LogP contribution in [0.1, 0.15) is 161 Å². The van der Waals surface area contributed by atoms with Crippen LogP contribution in [-0.4, -0.2) is 20.5 Å². The normalized spacial score (nSPS) is 13.4. The van der Waals surface area contributed by atoms with Crippen molar-refractivity contribution in [3.05, 3.63) is 248 Å². The molecule has 0 spiro atoms. The Balaban J connectivity index is 0.858. The first-order valence-corrected chi connectivity index (χ1v) is 32.4. The molecule has 0 saturated carbocycles. The third kappa shape index (κ3) is 10.4. The van der Waals surface area contributed by atoms with Crippen LogP contribution in [0.25, 0.3) is 87.1 Å². The Kier molecular flexibility index (Phi) is 13.7. The molecule has 0 saturated heterocycles. The number of phenols is 2. The second-order valence-electron chi connectivity index (χ2n) is 30.1. The fraction of sp³-hybridized carbons (Fsp3) is 0.262. The molecule has 0 aliphatic heterocycles. The third-order valence-electron chi connectivity index (χ3n) is 19.5. The molecule has 0 unspecified atom stereocenters.